The van der Waals surface area contributed by atoms with Crippen molar-refractivity contribution in [3.05, 3.63) is 94.8 Å². The topological polar surface area (TPSA) is 37.3 Å². The van der Waals surface area contributed by atoms with Gasteiger partial charge in [0.2, 0.25) is 0 Å². The Bertz CT molecular complexity index is 945. The van der Waals surface area contributed by atoms with Gasteiger partial charge >= 0.3 is 0 Å². The van der Waals surface area contributed by atoms with Gasteiger partial charge in [-0.15, -0.1) is 0 Å². The van der Waals surface area contributed by atoms with E-state index in [0.717, 1.165) is 29.2 Å². The number of pyridine rings is 1. The molecule has 0 spiro atoms. The maximum atomic E-state index is 4.90. The van der Waals surface area contributed by atoms with Crippen molar-refractivity contribution in [3.8, 4) is 0 Å². The van der Waals surface area contributed by atoms with Crippen LogP contribution < -0.4 is 5.32 Å². The number of aliphatic imine (C=N–C) groups is 1. The van der Waals surface area contributed by atoms with Gasteiger partial charge in [0, 0.05) is 36.1 Å². The van der Waals surface area contributed by atoms with Crippen molar-refractivity contribution in [1.82, 2.24) is 4.98 Å². The normalized spacial score (nSPS) is 12.1. The summed E-state index contributed by atoms with van der Waals surface area (Å²) in [6.45, 7) is 11.6. The summed E-state index contributed by atoms with van der Waals surface area (Å²) < 4.78 is 0. The first kappa shape index (κ1) is 20.8. The standard InChI is InChI=1S/C26H31N3/c1-19-16-20(2)18-24(17-19)29-25(28-15-13-23-8-6-7-14-27-23)21-9-11-22(12-10-21)26(3,4)5/h6-12,14,16-18H,13,15H2,1-5H3,(H,28,29). The second-order valence-corrected chi connectivity index (χ2v) is 8.63. The van der Waals surface area contributed by atoms with Crippen molar-refractivity contribution < 1.29 is 0 Å². The number of amidine groups is 1. The Balaban J connectivity index is 1.86. The Labute approximate surface area is 174 Å². The number of rotatable bonds is 5. The van der Waals surface area contributed by atoms with Crippen LogP contribution in [0.25, 0.3) is 0 Å². The fraction of sp³-hybridized carbons (Fsp3) is 0.308. The molecule has 0 aliphatic heterocycles. The lowest BCUT2D eigenvalue weighted by molar-refractivity contribution is 0.590. The Kier molecular flexibility index (Phi) is 6.48. The molecule has 1 N–H and O–H groups in total. The summed E-state index contributed by atoms with van der Waals surface area (Å²) in [5.41, 5.74) is 7.16. The zero-order valence-corrected chi connectivity index (χ0v) is 18.2. The molecule has 150 valence electrons. The van der Waals surface area contributed by atoms with Crippen LogP contribution >= 0.6 is 0 Å². The van der Waals surface area contributed by atoms with E-state index in [-0.39, 0.29) is 5.41 Å². The average Bonchev–Trinajstić information content (AvgIpc) is 2.67. The summed E-state index contributed by atoms with van der Waals surface area (Å²) in [6.07, 6.45) is 2.65. The molecule has 0 bridgehead atoms. The summed E-state index contributed by atoms with van der Waals surface area (Å²) in [6, 6.07) is 21.2. The van der Waals surface area contributed by atoms with E-state index < -0.39 is 0 Å². The quantitative estimate of drug-likeness (QED) is 0.426. The number of anilines is 1. The zero-order valence-electron chi connectivity index (χ0n) is 18.2. The van der Waals surface area contributed by atoms with Crippen LogP contribution in [-0.4, -0.2) is 17.4 Å². The van der Waals surface area contributed by atoms with Gasteiger partial charge in [0.25, 0.3) is 0 Å². The highest BCUT2D eigenvalue weighted by Gasteiger charge is 2.14. The Morgan fingerprint density at radius 2 is 1.62 bits per heavy atom. The summed E-state index contributed by atoms with van der Waals surface area (Å²) in [7, 11) is 0. The van der Waals surface area contributed by atoms with Crippen molar-refractivity contribution >= 4 is 11.5 Å². The molecule has 2 aromatic carbocycles. The van der Waals surface area contributed by atoms with Crippen LogP contribution in [0.2, 0.25) is 0 Å². The van der Waals surface area contributed by atoms with Gasteiger partial charge in [0.1, 0.15) is 5.84 Å². The predicted molar refractivity (Wildman–Crippen MR) is 124 cm³/mol. The highest BCUT2D eigenvalue weighted by molar-refractivity contribution is 6.08. The van der Waals surface area contributed by atoms with Crippen molar-refractivity contribution in [1.29, 1.82) is 0 Å². The van der Waals surface area contributed by atoms with Gasteiger partial charge in [-0.2, -0.15) is 0 Å². The highest BCUT2D eigenvalue weighted by Crippen LogP contribution is 2.23. The van der Waals surface area contributed by atoms with Crippen LogP contribution in [0, 0.1) is 13.8 Å². The molecule has 0 unspecified atom stereocenters. The van der Waals surface area contributed by atoms with Gasteiger partial charge in [-0.25, -0.2) is 0 Å². The lowest BCUT2D eigenvalue weighted by atomic mass is 9.86. The van der Waals surface area contributed by atoms with Crippen molar-refractivity contribution in [2.45, 2.75) is 46.5 Å². The van der Waals surface area contributed by atoms with E-state index in [4.69, 9.17) is 4.99 Å². The van der Waals surface area contributed by atoms with E-state index in [2.05, 4.69) is 87.4 Å². The van der Waals surface area contributed by atoms with E-state index in [0.29, 0.717) is 6.54 Å². The number of nitrogens with one attached hydrogen (secondary N) is 1. The molecule has 1 heterocycles. The summed E-state index contributed by atoms with van der Waals surface area (Å²) in [4.78, 5) is 9.31. The molecular weight excluding hydrogens is 354 g/mol. The third-order valence-corrected chi connectivity index (χ3v) is 4.87. The third kappa shape index (κ3) is 6.02. The second-order valence-electron chi connectivity index (χ2n) is 8.63. The Morgan fingerprint density at radius 3 is 2.21 bits per heavy atom. The minimum atomic E-state index is 0.135. The lowest BCUT2D eigenvalue weighted by Gasteiger charge is -2.19. The predicted octanol–water partition coefficient (Wildman–Crippen LogP) is 6.10. The van der Waals surface area contributed by atoms with E-state index >= 15 is 0 Å². The molecular formula is C26H31N3. The van der Waals surface area contributed by atoms with Crippen molar-refractivity contribution in [2.75, 3.05) is 11.9 Å². The smallest absolute Gasteiger partial charge is 0.132 e. The first-order valence-corrected chi connectivity index (χ1v) is 10.2. The van der Waals surface area contributed by atoms with Gasteiger partial charge in [-0.05, 0) is 60.2 Å². The molecule has 3 nitrogen and oxygen atoms in total. The summed E-state index contributed by atoms with van der Waals surface area (Å²) >= 11 is 0. The molecule has 1 aromatic heterocycles. The molecule has 0 saturated heterocycles. The maximum absolute atomic E-state index is 4.90. The minimum Gasteiger partial charge on any atom is -0.340 e. The Hall–Kier alpha value is -2.94. The molecule has 0 saturated carbocycles. The van der Waals surface area contributed by atoms with Crippen LogP contribution in [0.15, 0.2) is 71.9 Å². The van der Waals surface area contributed by atoms with E-state index in [1.54, 1.807) is 0 Å². The van der Waals surface area contributed by atoms with E-state index in [1.165, 1.54) is 16.7 Å². The Morgan fingerprint density at radius 1 is 0.931 bits per heavy atom. The van der Waals surface area contributed by atoms with Gasteiger partial charge in [0.05, 0.1) is 0 Å². The molecule has 3 heteroatoms. The van der Waals surface area contributed by atoms with Crippen LogP contribution in [0.3, 0.4) is 0 Å². The first-order valence-electron chi connectivity index (χ1n) is 10.2. The number of nitrogens with zero attached hydrogens (tertiary/aromatic N) is 2. The van der Waals surface area contributed by atoms with Crippen LogP contribution in [0.1, 0.15) is 48.7 Å². The average molecular weight is 386 g/mol. The molecule has 0 amide bonds. The number of hydrogen-bond donors (Lipinski definition) is 1. The molecule has 0 atom stereocenters. The molecule has 29 heavy (non-hydrogen) atoms. The zero-order chi connectivity index (χ0) is 20.9. The monoisotopic (exact) mass is 385 g/mol. The number of aryl methyl sites for hydroxylation is 2. The van der Waals surface area contributed by atoms with Crippen LogP contribution in [-0.2, 0) is 11.8 Å². The molecule has 0 fully saturated rings. The summed E-state index contributed by atoms with van der Waals surface area (Å²) in [5, 5.41) is 3.55. The fourth-order valence-corrected chi connectivity index (χ4v) is 3.34. The number of aromatic nitrogens is 1. The van der Waals surface area contributed by atoms with Crippen LogP contribution in [0.4, 0.5) is 5.69 Å². The second kappa shape index (κ2) is 9.04. The number of benzene rings is 2. The van der Waals surface area contributed by atoms with Gasteiger partial charge in [-0.3, -0.25) is 9.98 Å². The van der Waals surface area contributed by atoms with Crippen molar-refractivity contribution in [2.24, 2.45) is 4.99 Å². The molecule has 0 radical (unpaired) electrons. The van der Waals surface area contributed by atoms with Gasteiger partial charge < -0.3 is 5.32 Å². The van der Waals surface area contributed by atoms with E-state index in [9.17, 15) is 0 Å². The SMILES string of the molecule is Cc1cc(C)cc(NC(=NCCc2ccccn2)c2ccc(C(C)(C)C)cc2)c1. The van der Waals surface area contributed by atoms with Crippen LogP contribution in [0.5, 0.6) is 0 Å². The highest BCUT2D eigenvalue weighted by atomic mass is 15.0. The lowest BCUT2D eigenvalue weighted by Crippen LogP contribution is -2.16. The first-order chi connectivity index (χ1) is 13.8. The maximum Gasteiger partial charge on any atom is 0.132 e. The third-order valence-electron chi connectivity index (χ3n) is 4.87. The van der Waals surface area contributed by atoms with Gasteiger partial charge in [-0.1, -0.05) is 57.2 Å². The molecule has 0 aliphatic carbocycles. The largest absolute Gasteiger partial charge is 0.340 e. The fourth-order valence-electron chi connectivity index (χ4n) is 3.34. The van der Waals surface area contributed by atoms with E-state index in [1.807, 2.05) is 24.4 Å². The minimum absolute atomic E-state index is 0.135. The van der Waals surface area contributed by atoms with Gasteiger partial charge in [0.15, 0.2) is 0 Å². The molecule has 0 aliphatic rings. The number of hydrogen-bond acceptors (Lipinski definition) is 2. The molecule has 3 rings (SSSR count). The summed E-state index contributed by atoms with van der Waals surface area (Å²) in [5.74, 6) is 0.895. The van der Waals surface area contributed by atoms with Crippen molar-refractivity contribution in [3.63, 3.8) is 0 Å². The molecule has 3 aromatic rings.